The van der Waals surface area contributed by atoms with Crippen LogP contribution in [0, 0.1) is 0 Å². The van der Waals surface area contributed by atoms with Crippen molar-refractivity contribution in [3.8, 4) is 0 Å². The number of benzene rings is 2. The zero-order valence-corrected chi connectivity index (χ0v) is 23.1. The second-order valence-electron chi connectivity index (χ2n) is 8.50. The van der Waals surface area contributed by atoms with Gasteiger partial charge in [0.1, 0.15) is 6.04 Å². The fraction of sp³-hybridized carbons (Fsp3) is 0.250. The number of anilines is 2. The summed E-state index contributed by atoms with van der Waals surface area (Å²) < 4.78 is 10.0. The van der Waals surface area contributed by atoms with Gasteiger partial charge in [0.15, 0.2) is 5.11 Å². The van der Waals surface area contributed by atoms with Gasteiger partial charge in [-0.1, -0.05) is 6.07 Å². The molecular weight excluding hydrogens is 538 g/mol. The van der Waals surface area contributed by atoms with Gasteiger partial charge in [0, 0.05) is 10.6 Å². The number of esters is 2. The SMILES string of the molecule is CCOC(=O)c1ccc(NC(=O)C[C@@H]2C(=O)N(c3ccc(C(=O)OCC)cc3)C(=S)N2Cc2cccs2)cc1. The van der Waals surface area contributed by atoms with Gasteiger partial charge in [-0.3, -0.25) is 14.5 Å². The molecule has 1 aliphatic rings. The number of rotatable bonds is 10. The standard InChI is InChI=1S/C28H27N3O6S2/c1-3-36-26(34)18-7-11-20(12-8-18)29-24(32)16-23-25(33)31(28(38)30(23)17-22-6-5-15-39-22)21-13-9-19(10-14-21)27(35)37-4-2/h5-15,23H,3-4,16-17H2,1-2H3,(H,29,32)/t23-/m1/s1. The summed E-state index contributed by atoms with van der Waals surface area (Å²) in [5, 5.41) is 4.99. The minimum atomic E-state index is -0.830. The van der Waals surface area contributed by atoms with E-state index in [1.165, 1.54) is 16.2 Å². The van der Waals surface area contributed by atoms with Crippen LogP contribution in [0.3, 0.4) is 0 Å². The minimum absolute atomic E-state index is 0.138. The van der Waals surface area contributed by atoms with Crippen LogP contribution in [0.1, 0.15) is 45.9 Å². The number of amides is 2. The van der Waals surface area contributed by atoms with Crippen molar-refractivity contribution >= 4 is 63.8 Å². The monoisotopic (exact) mass is 565 g/mol. The molecule has 1 fully saturated rings. The topological polar surface area (TPSA) is 105 Å². The summed E-state index contributed by atoms with van der Waals surface area (Å²) in [5.74, 6) is -1.62. The second kappa shape index (κ2) is 12.6. The lowest BCUT2D eigenvalue weighted by molar-refractivity contribution is -0.124. The summed E-state index contributed by atoms with van der Waals surface area (Å²) in [4.78, 5) is 54.7. The molecule has 0 spiro atoms. The largest absolute Gasteiger partial charge is 0.462 e. The fourth-order valence-corrected chi connectivity index (χ4v) is 5.16. The number of nitrogens with zero attached hydrogens (tertiary/aromatic N) is 2. The third-order valence-electron chi connectivity index (χ3n) is 5.92. The van der Waals surface area contributed by atoms with E-state index in [9.17, 15) is 19.2 Å². The molecule has 0 unspecified atom stereocenters. The van der Waals surface area contributed by atoms with Gasteiger partial charge in [-0.25, -0.2) is 9.59 Å². The number of hydrogen-bond donors (Lipinski definition) is 1. The molecule has 202 valence electrons. The number of carbonyl (C=O) groups excluding carboxylic acids is 4. The number of ether oxygens (including phenoxy) is 2. The van der Waals surface area contributed by atoms with E-state index in [1.54, 1.807) is 67.3 Å². The van der Waals surface area contributed by atoms with Crippen molar-refractivity contribution < 1.29 is 28.7 Å². The van der Waals surface area contributed by atoms with Crippen LogP contribution in [0.4, 0.5) is 11.4 Å². The number of hydrogen-bond acceptors (Lipinski definition) is 8. The van der Waals surface area contributed by atoms with Crippen LogP contribution in [0.5, 0.6) is 0 Å². The third-order valence-corrected chi connectivity index (χ3v) is 7.20. The van der Waals surface area contributed by atoms with Crippen LogP contribution in [0.15, 0.2) is 66.0 Å². The van der Waals surface area contributed by atoms with E-state index in [-0.39, 0.29) is 36.6 Å². The van der Waals surface area contributed by atoms with Crippen LogP contribution >= 0.6 is 23.6 Å². The Kier molecular flexibility index (Phi) is 9.05. The maximum absolute atomic E-state index is 13.6. The van der Waals surface area contributed by atoms with Gasteiger partial charge in [0.05, 0.1) is 43.0 Å². The van der Waals surface area contributed by atoms with Gasteiger partial charge >= 0.3 is 11.9 Å². The highest BCUT2D eigenvalue weighted by Gasteiger charge is 2.44. The molecular formula is C28H27N3O6S2. The lowest BCUT2D eigenvalue weighted by atomic mass is 10.1. The van der Waals surface area contributed by atoms with E-state index in [4.69, 9.17) is 21.7 Å². The number of nitrogens with one attached hydrogen (secondary N) is 1. The van der Waals surface area contributed by atoms with Crippen molar-refractivity contribution in [3.63, 3.8) is 0 Å². The summed E-state index contributed by atoms with van der Waals surface area (Å²) in [6.07, 6.45) is -0.138. The first kappa shape index (κ1) is 27.9. The summed E-state index contributed by atoms with van der Waals surface area (Å²) in [6, 6.07) is 15.8. The van der Waals surface area contributed by atoms with Gasteiger partial charge in [-0.2, -0.15) is 0 Å². The molecule has 1 atom stereocenters. The van der Waals surface area contributed by atoms with E-state index < -0.39 is 18.0 Å². The van der Waals surface area contributed by atoms with E-state index in [0.717, 1.165) is 4.88 Å². The molecule has 3 aromatic rings. The Bertz CT molecular complexity index is 1360. The Morgan fingerprint density at radius 1 is 0.923 bits per heavy atom. The lowest BCUT2D eigenvalue weighted by Gasteiger charge is -2.23. The van der Waals surface area contributed by atoms with Gasteiger partial charge in [-0.05, 0) is 86.0 Å². The normalized spacial score (nSPS) is 14.9. The average Bonchev–Trinajstić information content (AvgIpc) is 3.52. The summed E-state index contributed by atoms with van der Waals surface area (Å²) >= 11 is 7.24. The molecule has 2 aromatic carbocycles. The fourth-order valence-electron chi connectivity index (χ4n) is 4.07. The highest BCUT2D eigenvalue weighted by molar-refractivity contribution is 7.80. The maximum atomic E-state index is 13.6. The molecule has 1 N–H and O–H groups in total. The Hall–Kier alpha value is -4.09. The molecule has 39 heavy (non-hydrogen) atoms. The van der Waals surface area contributed by atoms with Crippen LogP contribution in [-0.2, 0) is 25.6 Å². The smallest absolute Gasteiger partial charge is 0.338 e. The Balaban J connectivity index is 1.52. The van der Waals surface area contributed by atoms with E-state index in [0.29, 0.717) is 29.0 Å². The van der Waals surface area contributed by atoms with Crippen molar-refractivity contribution in [1.29, 1.82) is 0 Å². The van der Waals surface area contributed by atoms with Crippen LogP contribution in [-0.4, -0.2) is 53.0 Å². The molecule has 2 amide bonds. The van der Waals surface area contributed by atoms with Crippen molar-refractivity contribution in [2.45, 2.75) is 32.9 Å². The first-order valence-electron chi connectivity index (χ1n) is 12.3. The van der Waals surface area contributed by atoms with Gasteiger partial charge in [0.2, 0.25) is 5.91 Å². The summed E-state index contributed by atoms with van der Waals surface area (Å²) in [6.45, 7) is 4.34. The van der Waals surface area contributed by atoms with Gasteiger partial charge in [0.25, 0.3) is 5.91 Å². The van der Waals surface area contributed by atoms with E-state index >= 15 is 0 Å². The number of thiocarbonyl (C=S) groups is 1. The van der Waals surface area contributed by atoms with Crippen molar-refractivity contribution in [1.82, 2.24) is 4.90 Å². The molecule has 0 radical (unpaired) electrons. The molecule has 4 rings (SSSR count). The average molecular weight is 566 g/mol. The highest BCUT2D eigenvalue weighted by atomic mass is 32.1. The Morgan fingerprint density at radius 2 is 1.51 bits per heavy atom. The first-order valence-corrected chi connectivity index (χ1v) is 13.6. The van der Waals surface area contributed by atoms with Crippen molar-refractivity contribution in [3.05, 3.63) is 82.0 Å². The predicted octanol–water partition coefficient (Wildman–Crippen LogP) is 4.63. The van der Waals surface area contributed by atoms with E-state index in [2.05, 4.69) is 5.32 Å². The predicted molar refractivity (Wildman–Crippen MR) is 152 cm³/mol. The van der Waals surface area contributed by atoms with Crippen LogP contribution in [0.25, 0.3) is 0 Å². The quantitative estimate of drug-likeness (QED) is 0.280. The summed E-state index contributed by atoms with van der Waals surface area (Å²) in [5.41, 5.74) is 1.71. The van der Waals surface area contributed by atoms with E-state index in [1.807, 2.05) is 17.5 Å². The summed E-state index contributed by atoms with van der Waals surface area (Å²) in [7, 11) is 0. The van der Waals surface area contributed by atoms with Gasteiger partial charge in [-0.15, -0.1) is 11.3 Å². The maximum Gasteiger partial charge on any atom is 0.338 e. The molecule has 2 heterocycles. The second-order valence-corrected chi connectivity index (χ2v) is 9.89. The van der Waals surface area contributed by atoms with Crippen LogP contribution in [0.2, 0.25) is 0 Å². The first-order chi connectivity index (χ1) is 18.8. The molecule has 1 aliphatic heterocycles. The minimum Gasteiger partial charge on any atom is -0.462 e. The van der Waals surface area contributed by atoms with Crippen molar-refractivity contribution in [2.75, 3.05) is 23.4 Å². The highest BCUT2D eigenvalue weighted by Crippen LogP contribution is 2.30. The Morgan fingerprint density at radius 3 is 2.05 bits per heavy atom. The number of carbonyl (C=O) groups is 4. The molecule has 1 aromatic heterocycles. The zero-order valence-electron chi connectivity index (χ0n) is 21.4. The Labute approximate surface area is 235 Å². The molecule has 0 saturated carbocycles. The lowest BCUT2D eigenvalue weighted by Crippen LogP contribution is -2.37. The van der Waals surface area contributed by atoms with Crippen molar-refractivity contribution in [2.24, 2.45) is 0 Å². The number of thiophene rings is 1. The zero-order chi connectivity index (χ0) is 27.9. The molecule has 0 aliphatic carbocycles. The molecule has 9 nitrogen and oxygen atoms in total. The molecule has 0 bridgehead atoms. The third kappa shape index (κ3) is 6.50. The molecule has 11 heteroatoms. The molecule has 1 saturated heterocycles. The van der Waals surface area contributed by atoms with Gasteiger partial charge < -0.3 is 19.7 Å². The van der Waals surface area contributed by atoms with Crippen LogP contribution < -0.4 is 10.2 Å².